The summed E-state index contributed by atoms with van der Waals surface area (Å²) >= 11 is 0. The predicted molar refractivity (Wildman–Crippen MR) is 112 cm³/mol. The zero-order chi connectivity index (χ0) is 18.4. The van der Waals surface area contributed by atoms with Crippen LogP contribution in [0.3, 0.4) is 0 Å². The van der Waals surface area contributed by atoms with Crippen molar-refractivity contribution >= 4 is 18.3 Å². The fraction of sp³-hybridized carbons (Fsp3) is 0.409. The van der Waals surface area contributed by atoms with Crippen LogP contribution in [0.5, 0.6) is 5.75 Å². The van der Waals surface area contributed by atoms with Gasteiger partial charge in [-0.1, -0.05) is 36.4 Å². The van der Waals surface area contributed by atoms with E-state index in [4.69, 9.17) is 4.74 Å². The standard InChI is InChI=1S/C22H28N2O2.ClH/c1-17-7-3-4-9-19(17)16-26-21-11-5-8-18(13-21)14-22(25)24-12-6-10-20(24)15-23-2;/h3-5,7-9,11,13,20,23H,6,10,12,14-16H2,1-2H3;1H. The number of hydrogen-bond acceptors (Lipinski definition) is 3. The molecule has 1 aliphatic heterocycles. The van der Waals surface area contributed by atoms with Crippen molar-refractivity contribution in [2.45, 2.75) is 38.8 Å². The summed E-state index contributed by atoms with van der Waals surface area (Å²) in [4.78, 5) is 14.7. The molecule has 146 valence electrons. The molecule has 0 spiro atoms. The minimum atomic E-state index is 0. The van der Waals surface area contributed by atoms with E-state index in [9.17, 15) is 4.79 Å². The van der Waals surface area contributed by atoms with Crippen molar-refractivity contribution in [2.75, 3.05) is 20.1 Å². The Morgan fingerprint density at radius 2 is 2.04 bits per heavy atom. The van der Waals surface area contributed by atoms with Crippen molar-refractivity contribution in [3.63, 3.8) is 0 Å². The molecule has 1 N–H and O–H groups in total. The first-order valence-corrected chi connectivity index (χ1v) is 9.37. The van der Waals surface area contributed by atoms with Gasteiger partial charge < -0.3 is 15.0 Å². The molecule has 0 aromatic heterocycles. The number of carbonyl (C=O) groups is 1. The van der Waals surface area contributed by atoms with Gasteiger partial charge in [0.05, 0.1) is 6.42 Å². The number of amides is 1. The van der Waals surface area contributed by atoms with E-state index in [1.165, 1.54) is 11.1 Å². The average Bonchev–Trinajstić information content (AvgIpc) is 3.10. The fourth-order valence-corrected chi connectivity index (χ4v) is 3.57. The smallest absolute Gasteiger partial charge is 0.227 e. The van der Waals surface area contributed by atoms with Gasteiger partial charge in [0.25, 0.3) is 0 Å². The van der Waals surface area contributed by atoms with E-state index in [1.807, 2.05) is 48.3 Å². The number of hydrogen-bond donors (Lipinski definition) is 1. The molecule has 0 bridgehead atoms. The van der Waals surface area contributed by atoms with Crippen LogP contribution in [0.1, 0.15) is 29.5 Å². The molecule has 0 aliphatic carbocycles. The van der Waals surface area contributed by atoms with Crippen molar-refractivity contribution in [3.8, 4) is 5.75 Å². The van der Waals surface area contributed by atoms with Crippen molar-refractivity contribution in [1.29, 1.82) is 0 Å². The van der Waals surface area contributed by atoms with Gasteiger partial charge >= 0.3 is 0 Å². The van der Waals surface area contributed by atoms with Crippen LogP contribution in [0.4, 0.5) is 0 Å². The topological polar surface area (TPSA) is 41.6 Å². The number of aryl methyl sites for hydroxylation is 1. The van der Waals surface area contributed by atoms with Crippen LogP contribution >= 0.6 is 12.4 Å². The van der Waals surface area contributed by atoms with Gasteiger partial charge in [-0.2, -0.15) is 0 Å². The molecule has 1 fully saturated rings. The van der Waals surface area contributed by atoms with Crippen LogP contribution in [-0.2, 0) is 17.8 Å². The van der Waals surface area contributed by atoms with Crippen LogP contribution in [-0.4, -0.2) is 37.0 Å². The SMILES string of the molecule is CNCC1CCCN1C(=O)Cc1cccc(OCc2ccccc2C)c1.Cl. The summed E-state index contributed by atoms with van der Waals surface area (Å²) in [7, 11) is 1.94. The number of benzene rings is 2. The van der Waals surface area contributed by atoms with E-state index >= 15 is 0 Å². The van der Waals surface area contributed by atoms with Crippen LogP contribution in [0, 0.1) is 6.92 Å². The van der Waals surface area contributed by atoms with E-state index in [-0.39, 0.29) is 18.3 Å². The Hall–Kier alpha value is -2.04. The van der Waals surface area contributed by atoms with E-state index < -0.39 is 0 Å². The van der Waals surface area contributed by atoms with Gasteiger partial charge in [0.2, 0.25) is 5.91 Å². The Kier molecular flexibility index (Phi) is 8.14. The number of rotatable bonds is 7. The van der Waals surface area contributed by atoms with E-state index in [1.54, 1.807) is 0 Å². The van der Waals surface area contributed by atoms with Crippen molar-refractivity contribution < 1.29 is 9.53 Å². The largest absolute Gasteiger partial charge is 0.489 e. The number of ether oxygens (including phenoxy) is 1. The molecular formula is C22H29ClN2O2. The summed E-state index contributed by atoms with van der Waals surface area (Å²) in [6.45, 7) is 4.37. The first-order chi connectivity index (χ1) is 12.7. The number of nitrogens with one attached hydrogen (secondary N) is 1. The number of halogens is 1. The molecule has 0 radical (unpaired) electrons. The number of likely N-dealkylation sites (N-methyl/N-ethyl adjacent to an activating group) is 1. The fourth-order valence-electron chi connectivity index (χ4n) is 3.57. The molecule has 1 unspecified atom stereocenters. The molecule has 1 atom stereocenters. The van der Waals surface area contributed by atoms with Gasteiger partial charge in [-0.15, -0.1) is 12.4 Å². The average molecular weight is 389 g/mol. The molecular weight excluding hydrogens is 360 g/mol. The van der Waals surface area contributed by atoms with Crippen LogP contribution in [0.25, 0.3) is 0 Å². The molecule has 3 rings (SSSR count). The zero-order valence-corrected chi connectivity index (χ0v) is 16.9. The second-order valence-corrected chi connectivity index (χ2v) is 6.98. The predicted octanol–water partition coefficient (Wildman–Crippen LogP) is 3.75. The van der Waals surface area contributed by atoms with Crippen molar-refractivity contribution in [1.82, 2.24) is 10.2 Å². The molecule has 5 heteroatoms. The van der Waals surface area contributed by atoms with E-state index in [0.29, 0.717) is 19.1 Å². The second kappa shape index (κ2) is 10.3. The van der Waals surface area contributed by atoms with Gasteiger partial charge in [0.15, 0.2) is 0 Å². The molecule has 1 aliphatic rings. The van der Waals surface area contributed by atoms with Crippen LogP contribution in [0.15, 0.2) is 48.5 Å². The lowest BCUT2D eigenvalue weighted by molar-refractivity contribution is -0.131. The third-order valence-corrected chi connectivity index (χ3v) is 5.05. The van der Waals surface area contributed by atoms with Gasteiger partial charge in [0.1, 0.15) is 12.4 Å². The highest BCUT2D eigenvalue weighted by molar-refractivity contribution is 5.85. The number of likely N-dealkylation sites (tertiary alicyclic amines) is 1. The summed E-state index contributed by atoms with van der Waals surface area (Å²) in [5.41, 5.74) is 3.41. The van der Waals surface area contributed by atoms with Gasteiger partial charge in [0, 0.05) is 19.1 Å². The highest BCUT2D eigenvalue weighted by atomic mass is 35.5. The number of carbonyl (C=O) groups excluding carboxylic acids is 1. The summed E-state index contributed by atoms with van der Waals surface area (Å²) in [5, 5.41) is 3.19. The van der Waals surface area contributed by atoms with Crippen molar-refractivity contribution in [2.24, 2.45) is 0 Å². The maximum absolute atomic E-state index is 12.7. The zero-order valence-electron chi connectivity index (χ0n) is 16.1. The van der Waals surface area contributed by atoms with Gasteiger partial charge in [-0.25, -0.2) is 0 Å². The molecule has 2 aromatic carbocycles. The lowest BCUT2D eigenvalue weighted by atomic mass is 10.1. The quantitative estimate of drug-likeness (QED) is 0.785. The van der Waals surface area contributed by atoms with E-state index in [0.717, 1.165) is 37.2 Å². The summed E-state index contributed by atoms with van der Waals surface area (Å²) in [5.74, 6) is 1.02. The van der Waals surface area contributed by atoms with Crippen LogP contribution < -0.4 is 10.1 Å². The van der Waals surface area contributed by atoms with Gasteiger partial charge in [-0.05, 0) is 55.6 Å². The normalized spacial score (nSPS) is 16.1. The Balaban J connectivity index is 0.00000261. The Morgan fingerprint density at radius 1 is 1.22 bits per heavy atom. The Morgan fingerprint density at radius 3 is 2.81 bits per heavy atom. The molecule has 0 saturated carbocycles. The highest BCUT2D eigenvalue weighted by Gasteiger charge is 2.27. The summed E-state index contributed by atoms with van der Waals surface area (Å²) in [6.07, 6.45) is 2.62. The minimum Gasteiger partial charge on any atom is -0.489 e. The summed E-state index contributed by atoms with van der Waals surface area (Å²) in [6, 6.07) is 16.5. The lowest BCUT2D eigenvalue weighted by Gasteiger charge is -2.24. The van der Waals surface area contributed by atoms with Crippen LogP contribution in [0.2, 0.25) is 0 Å². The second-order valence-electron chi connectivity index (χ2n) is 6.98. The molecule has 1 saturated heterocycles. The molecule has 2 aromatic rings. The molecule has 4 nitrogen and oxygen atoms in total. The minimum absolute atomic E-state index is 0. The van der Waals surface area contributed by atoms with E-state index in [2.05, 4.69) is 24.4 Å². The molecule has 1 heterocycles. The Bertz CT molecular complexity index is 751. The molecule has 27 heavy (non-hydrogen) atoms. The maximum Gasteiger partial charge on any atom is 0.227 e. The summed E-state index contributed by atoms with van der Waals surface area (Å²) < 4.78 is 5.95. The van der Waals surface area contributed by atoms with Gasteiger partial charge in [-0.3, -0.25) is 4.79 Å². The Labute approximate surface area is 168 Å². The monoisotopic (exact) mass is 388 g/mol. The highest BCUT2D eigenvalue weighted by Crippen LogP contribution is 2.20. The lowest BCUT2D eigenvalue weighted by Crippen LogP contribution is -2.41. The number of nitrogens with zero attached hydrogens (tertiary/aromatic N) is 1. The molecule has 1 amide bonds. The third kappa shape index (κ3) is 5.72. The third-order valence-electron chi connectivity index (χ3n) is 5.05. The first kappa shape index (κ1) is 21.3. The maximum atomic E-state index is 12.7. The first-order valence-electron chi connectivity index (χ1n) is 9.37. The van der Waals surface area contributed by atoms with Crippen molar-refractivity contribution in [3.05, 3.63) is 65.2 Å².